The second-order valence-corrected chi connectivity index (χ2v) is 7.10. The molecule has 1 fully saturated rings. The number of aromatic amines is 1. The summed E-state index contributed by atoms with van der Waals surface area (Å²) in [6, 6.07) is 13.5. The van der Waals surface area contributed by atoms with Gasteiger partial charge < -0.3 is 15.0 Å². The van der Waals surface area contributed by atoms with E-state index in [1.165, 1.54) is 5.56 Å². The fourth-order valence-electron chi connectivity index (χ4n) is 3.86. The van der Waals surface area contributed by atoms with Crippen LogP contribution in [0.1, 0.15) is 22.8 Å². The van der Waals surface area contributed by atoms with Crippen LogP contribution in [0, 0.1) is 0 Å². The van der Waals surface area contributed by atoms with Crippen molar-refractivity contribution in [3.05, 3.63) is 59.8 Å². The maximum Gasteiger partial charge on any atom is 0.178 e. The van der Waals surface area contributed by atoms with E-state index in [2.05, 4.69) is 27.8 Å². The third-order valence-electron chi connectivity index (χ3n) is 5.44. The number of anilines is 1. The fourth-order valence-corrected chi connectivity index (χ4v) is 3.86. The van der Waals surface area contributed by atoms with Gasteiger partial charge in [0.2, 0.25) is 0 Å². The minimum absolute atomic E-state index is 0.174. The molecule has 0 unspecified atom stereocenters. The zero-order valence-corrected chi connectivity index (χ0v) is 15.6. The molecule has 5 nitrogen and oxygen atoms in total. The van der Waals surface area contributed by atoms with Gasteiger partial charge in [-0.3, -0.25) is 9.69 Å². The summed E-state index contributed by atoms with van der Waals surface area (Å²) in [7, 11) is 0. The Balaban J connectivity index is 1.40. The zero-order chi connectivity index (χ0) is 18.8. The Kier molecular flexibility index (Phi) is 4.86. The van der Waals surface area contributed by atoms with Crippen molar-refractivity contribution in [3.63, 3.8) is 0 Å². The van der Waals surface area contributed by atoms with E-state index in [4.69, 9.17) is 0 Å². The molecule has 140 valence electrons. The molecule has 2 N–H and O–H groups in total. The van der Waals surface area contributed by atoms with Crippen LogP contribution in [-0.2, 0) is 6.42 Å². The van der Waals surface area contributed by atoms with Gasteiger partial charge in [0.15, 0.2) is 5.78 Å². The van der Waals surface area contributed by atoms with Crippen LogP contribution in [0.2, 0.25) is 0 Å². The lowest BCUT2D eigenvalue weighted by atomic mass is 10.0. The molecular formula is C22H25N3O2. The molecule has 0 saturated carbocycles. The van der Waals surface area contributed by atoms with Gasteiger partial charge in [-0.2, -0.15) is 0 Å². The number of carbonyl (C=O) groups is 1. The molecule has 0 radical (unpaired) electrons. The number of phenolic OH excluding ortho intramolecular Hbond substituents is 1. The molecule has 1 aliphatic heterocycles. The SMILES string of the molecule is CCc1cccc2c(C(=O)CN3CCN(c4ccc(O)cc4)CC3)c[nH]c12. The van der Waals surface area contributed by atoms with Crippen molar-refractivity contribution in [1.29, 1.82) is 0 Å². The number of hydrogen-bond donors (Lipinski definition) is 2. The lowest BCUT2D eigenvalue weighted by Crippen LogP contribution is -2.48. The van der Waals surface area contributed by atoms with E-state index in [0.717, 1.165) is 54.8 Å². The van der Waals surface area contributed by atoms with Crippen LogP contribution in [0.4, 0.5) is 5.69 Å². The summed E-state index contributed by atoms with van der Waals surface area (Å²) in [5.74, 6) is 0.459. The summed E-state index contributed by atoms with van der Waals surface area (Å²) in [5.41, 5.74) is 4.23. The maximum atomic E-state index is 12.9. The van der Waals surface area contributed by atoms with Gasteiger partial charge in [0.1, 0.15) is 5.75 Å². The number of aryl methyl sites for hydroxylation is 1. The molecule has 0 aliphatic carbocycles. The molecule has 1 aromatic heterocycles. The molecule has 0 bridgehead atoms. The molecular weight excluding hydrogens is 338 g/mol. The van der Waals surface area contributed by atoms with Crippen LogP contribution < -0.4 is 4.90 Å². The predicted molar refractivity (Wildman–Crippen MR) is 109 cm³/mol. The molecule has 0 amide bonds. The number of carbonyl (C=O) groups excluding carboxylic acids is 1. The summed E-state index contributed by atoms with van der Waals surface area (Å²) in [4.78, 5) is 20.7. The first-order valence-electron chi connectivity index (χ1n) is 9.54. The Labute approximate surface area is 159 Å². The predicted octanol–water partition coefficient (Wildman–Crippen LogP) is 3.44. The van der Waals surface area contributed by atoms with E-state index >= 15 is 0 Å². The number of aromatic hydroxyl groups is 1. The van der Waals surface area contributed by atoms with Crippen LogP contribution in [0.3, 0.4) is 0 Å². The largest absolute Gasteiger partial charge is 0.508 e. The van der Waals surface area contributed by atoms with Gasteiger partial charge in [-0.05, 0) is 36.2 Å². The van der Waals surface area contributed by atoms with Gasteiger partial charge in [0, 0.05) is 54.5 Å². The molecule has 5 heteroatoms. The maximum absolute atomic E-state index is 12.9. The molecule has 3 aromatic rings. The lowest BCUT2D eigenvalue weighted by Gasteiger charge is -2.35. The van der Waals surface area contributed by atoms with E-state index in [1.54, 1.807) is 12.1 Å². The summed E-state index contributed by atoms with van der Waals surface area (Å²) in [6.07, 6.45) is 2.81. The number of ketones is 1. The minimum Gasteiger partial charge on any atom is -0.508 e. The molecule has 0 atom stereocenters. The van der Waals surface area contributed by atoms with Gasteiger partial charge in [0.25, 0.3) is 0 Å². The summed E-state index contributed by atoms with van der Waals surface area (Å²) < 4.78 is 0. The number of phenols is 1. The Morgan fingerprint density at radius 2 is 1.81 bits per heavy atom. The van der Waals surface area contributed by atoms with Crippen molar-refractivity contribution in [3.8, 4) is 5.75 Å². The second kappa shape index (κ2) is 7.45. The van der Waals surface area contributed by atoms with E-state index in [9.17, 15) is 9.90 Å². The molecule has 1 aliphatic rings. The third kappa shape index (κ3) is 3.55. The Hall–Kier alpha value is -2.79. The highest BCUT2D eigenvalue weighted by molar-refractivity contribution is 6.09. The van der Waals surface area contributed by atoms with E-state index in [0.29, 0.717) is 6.54 Å². The smallest absolute Gasteiger partial charge is 0.178 e. The summed E-state index contributed by atoms with van der Waals surface area (Å²) in [5, 5.41) is 10.5. The van der Waals surface area contributed by atoms with Crippen molar-refractivity contribution in [2.75, 3.05) is 37.6 Å². The van der Waals surface area contributed by atoms with Gasteiger partial charge in [-0.1, -0.05) is 25.1 Å². The first kappa shape index (κ1) is 17.6. The Bertz CT molecular complexity index is 938. The lowest BCUT2D eigenvalue weighted by molar-refractivity contribution is 0.0928. The van der Waals surface area contributed by atoms with E-state index in [1.807, 2.05) is 30.5 Å². The molecule has 2 aromatic carbocycles. The van der Waals surface area contributed by atoms with Crippen molar-refractivity contribution in [1.82, 2.24) is 9.88 Å². The number of para-hydroxylation sites is 1. The first-order chi connectivity index (χ1) is 13.2. The quantitative estimate of drug-likeness (QED) is 0.682. The number of nitrogens with one attached hydrogen (secondary N) is 1. The monoisotopic (exact) mass is 363 g/mol. The molecule has 2 heterocycles. The van der Waals surface area contributed by atoms with Crippen molar-refractivity contribution < 1.29 is 9.90 Å². The number of H-pyrrole nitrogens is 1. The van der Waals surface area contributed by atoms with Crippen LogP contribution in [-0.4, -0.2) is 53.5 Å². The highest BCUT2D eigenvalue weighted by atomic mass is 16.3. The molecule has 0 spiro atoms. The standard InChI is InChI=1S/C22H25N3O2/c1-2-16-4-3-5-19-20(14-23-22(16)19)21(27)15-24-10-12-25(13-11-24)17-6-8-18(26)9-7-17/h3-9,14,23,26H,2,10-13,15H2,1H3. The van der Waals surface area contributed by atoms with Gasteiger partial charge in [0.05, 0.1) is 6.54 Å². The number of rotatable bonds is 5. The second-order valence-electron chi connectivity index (χ2n) is 7.10. The molecule has 27 heavy (non-hydrogen) atoms. The third-order valence-corrected chi connectivity index (χ3v) is 5.44. The zero-order valence-electron chi connectivity index (χ0n) is 15.6. The number of hydrogen-bond acceptors (Lipinski definition) is 4. The molecule has 4 rings (SSSR count). The van der Waals surface area contributed by atoms with Crippen LogP contribution in [0.25, 0.3) is 10.9 Å². The average molecular weight is 363 g/mol. The number of Topliss-reactive ketones (excluding diaryl/α,β-unsaturated/α-hetero) is 1. The molecule has 1 saturated heterocycles. The van der Waals surface area contributed by atoms with Crippen LogP contribution in [0.15, 0.2) is 48.7 Å². The van der Waals surface area contributed by atoms with Crippen molar-refractivity contribution in [2.45, 2.75) is 13.3 Å². The highest BCUT2D eigenvalue weighted by Gasteiger charge is 2.21. The van der Waals surface area contributed by atoms with Gasteiger partial charge in [-0.25, -0.2) is 0 Å². The number of fused-ring (bicyclic) bond motifs is 1. The minimum atomic E-state index is 0.174. The summed E-state index contributed by atoms with van der Waals surface area (Å²) >= 11 is 0. The van der Waals surface area contributed by atoms with E-state index in [-0.39, 0.29) is 11.5 Å². The van der Waals surface area contributed by atoms with Gasteiger partial charge >= 0.3 is 0 Å². The average Bonchev–Trinajstić information content (AvgIpc) is 3.13. The number of nitrogens with zero attached hydrogens (tertiary/aromatic N) is 2. The van der Waals surface area contributed by atoms with Crippen molar-refractivity contribution >= 4 is 22.4 Å². The van der Waals surface area contributed by atoms with E-state index < -0.39 is 0 Å². The topological polar surface area (TPSA) is 59.6 Å². The van der Waals surface area contributed by atoms with Crippen LogP contribution >= 0.6 is 0 Å². The first-order valence-corrected chi connectivity index (χ1v) is 9.54. The highest BCUT2D eigenvalue weighted by Crippen LogP contribution is 2.23. The Morgan fingerprint density at radius 3 is 2.52 bits per heavy atom. The summed E-state index contributed by atoms with van der Waals surface area (Å²) in [6.45, 7) is 6.06. The number of piperazine rings is 1. The number of benzene rings is 2. The van der Waals surface area contributed by atoms with Crippen LogP contribution in [0.5, 0.6) is 5.75 Å². The normalized spacial score (nSPS) is 15.4. The van der Waals surface area contributed by atoms with Gasteiger partial charge in [-0.15, -0.1) is 0 Å². The fraction of sp³-hybridized carbons (Fsp3) is 0.318. The number of aromatic nitrogens is 1. The van der Waals surface area contributed by atoms with Crippen molar-refractivity contribution in [2.24, 2.45) is 0 Å². The Morgan fingerprint density at radius 1 is 1.07 bits per heavy atom.